The Morgan fingerprint density at radius 2 is 2.22 bits per heavy atom. The third-order valence-electron chi connectivity index (χ3n) is 3.17. The molecule has 1 aromatic carbocycles. The van der Waals surface area contributed by atoms with Gasteiger partial charge in [-0.3, -0.25) is 14.8 Å². The minimum Gasteiger partial charge on any atom is -0.401 e. The first-order chi connectivity index (χ1) is 11.2. The standard InChI is InChI=1S/C14H10N6O2S/c1-20-5-4-10(19-20)13-17-18-14(22-13)16-12(21)8-2-3-9-11(6-8)23-7-15-9/h2-7H,1H3,(H,16,18,21). The molecule has 0 aliphatic rings. The number of nitrogens with zero attached hydrogens (tertiary/aromatic N) is 5. The van der Waals surface area contributed by atoms with Crippen LogP contribution in [0.5, 0.6) is 0 Å². The molecule has 0 fully saturated rings. The van der Waals surface area contributed by atoms with Gasteiger partial charge in [0, 0.05) is 18.8 Å². The Bertz CT molecular complexity index is 1000. The summed E-state index contributed by atoms with van der Waals surface area (Å²) in [4.78, 5) is 16.4. The van der Waals surface area contributed by atoms with E-state index in [1.807, 2.05) is 0 Å². The van der Waals surface area contributed by atoms with Crippen molar-refractivity contribution in [2.45, 2.75) is 0 Å². The molecular formula is C14H10N6O2S. The minimum absolute atomic E-state index is 0.0278. The second kappa shape index (κ2) is 5.29. The Balaban J connectivity index is 1.55. The Morgan fingerprint density at radius 3 is 3.04 bits per heavy atom. The highest BCUT2D eigenvalue weighted by molar-refractivity contribution is 7.16. The molecule has 3 heterocycles. The first-order valence-corrected chi connectivity index (χ1v) is 7.55. The van der Waals surface area contributed by atoms with Crippen molar-refractivity contribution in [3.63, 3.8) is 0 Å². The summed E-state index contributed by atoms with van der Waals surface area (Å²) in [5, 5.41) is 14.4. The van der Waals surface area contributed by atoms with Gasteiger partial charge in [0.2, 0.25) is 0 Å². The van der Waals surface area contributed by atoms with E-state index >= 15 is 0 Å². The highest BCUT2D eigenvalue weighted by atomic mass is 32.1. The maximum absolute atomic E-state index is 12.3. The lowest BCUT2D eigenvalue weighted by atomic mass is 10.2. The molecule has 0 spiro atoms. The molecule has 114 valence electrons. The molecule has 0 atom stereocenters. The summed E-state index contributed by atoms with van der Waals surface area (Å²) in [6.07, 6.45) is 1.77. The summed E-state index contributed by atoms with van der Waals surface area (Å²) in [5.74, 6) is -0.0738. The first-order valence-electron chi connectivity index (χ1n) is 6.67. The number of fused-ring (bicyclic) bond motifs is 1. The lowest BCUT2D eigenvalue weighted by Crippen LogP contribution is -2.11. The molecule has 0 saturated carbocycles. The molecule has 8 nitrogen and oxygen atoms in total. The van der Waals surface area contributed by atoms with Crippen LogP contribution in [0.1, 0.15) is 10.4 Å². The second-order valence-electron chi connectivity index (χ2n) is 4.78. The van der Waals surface area contributed by atoms with E-state index in [2.05, 4.69) is 25.6 Å². The molecule has 0 aliphatic heterocycles. The number of thiazole rings is 1. The summed E-state index contributed by atoms with van der Waals surface area (Å²) in [6, 6.07) is 7.05. The lowest BCUT2D eigenvalue weighted by molar-refractivity contribution is 0.102. The molecule has 1 amide bonds. The molecule has 23 heavy (non-hydrogen) atoms. The number of nitrogens with one attached hydrogen (secondary N) is 1. The molecule has 4 rings (SSSR count). The van der Waals surface area contributed by atoms with Gasteiger partial charge in [0.05, 0.1) is 15.7 Å². The van der Waals surface area contributed by atoms with Crippen molar-refractivity contribution in [2.75, 3.05) is 5.32 Å². The van der Waals surface area contributed by atoms with Crippen LogP contribution in [0, 0.1) is 0 Å². The normalized spacial score (nSPS) is 11.0. The number of amides is 1. The fourth-order valence-corrected chi connectivity index (χ4v) is 2.79. The van der Waals surface area contributed by atoms with Crippen LogP contribution in [0.3, 0.4) is 0 Å². The van der Waals surface area contributed by atoms with Crippen molar-refractivity contribution in [3.05, 3.63) is 41.5 Å². The zero-order valence-electron chi connectivity index (χ0n) is 11.9. The number of hydrogen-bond donors (Lipinski definition) is 1. The minimum atomic E-state index is -0.323. The number of aromatic nitrogens is 5. The predicted octanol–water partition coefficient (Wildman–Crippen LogP) is 2.33. The number of anilines is 1. The van der Waals surface area contributed by atoms with E-state index in [4.69, 9.17) is 4.42 Å². The van der Waals surface area contributed by atoms with E-state index in [-0.39, 0.29) is 17.8 Å². The summed E-state index contributed by atoms with van der Waals surface area (Å²) in [5.41, 5.74) is 3.65. The van der Waals surface area contributed by atoms with Gasteiger partial charge in [-0.05, 0) is 24.3 Å². The molecular weight excluding hydrogens is 316 g/mol. The second-order valence-corrected chi connectivity index (χ2v) is 5.66. The van der Waals surface area contributed by atoms with Crippen LogP contribution in [-0.2, 0) is 7.05 Å². The lowest BCUT2D eigenvalue weighted by Gasteiger charge is -2.00. The molecule has 0 bridgehead atoms. The maximum Gasteiger partial charge on any atom is 0.322 e. The first kappa shape index (κ1) is 13.6. The summed E-state index contributed by atoms with van der Waals surface area (Å²) in [6.45, 7) is 0. The van der Waals surface area contributed by atoms with Crippen LogP contribution in [0.2, 0.25) is 0 Å². The SMILES string of the molecule is Cn1ccc(-c2nnc(NC(=O)c3ccc4ncsc4c3)o2)n1. The van der Waals surface area contributed by atoms with Crippen molar-refractivity contribution in [1.29, 1.82) is 0 Å². The molecule has 0 aliphatic carbocycles. The van der Waals surface area contributed by atoms with Gasteiger partial charge in [-0.15, -0.1) is 16.4 Å². The van der Waals surface area contributed by atoms with Gasteiger partial charge >= 0.3 is 6.01 Å². The number of aryl methyl sites for hydroxylation is 1. The van der Waals surface area contributed by atoms with Crippen LogP contribution in [0.15, 0.2) is 40.4 Å². The average molecular weight is 326 g/mol. The third-order valence-corrected chi connectivity index (χ3v) is 3.96. The van der Waals surface area contributed by atoms with Gasteiger partial charge in [0.15, 0.2) is 0 Å². The average Bonchev–Trinajstić information content (AvgIpc) is 3.26. The Kier molecular flexibility index (Phi) is 3.12. The van der Waals surface area contributed by atoms with Gasteiger partial charge in [-0.25, -0.2) is 4.98 Å². The van der Waals surface area contributed by atoms with Crippen molar-refractivity contribution in [1.82, 2.24) is 25.0 Å². The van der Waals surface area contributed by atoms with Crippen LogP contribution >= 0.6 is 11.3 Å². The Morgan fingerprint density at radius 1 is 1.30 bits per heavy atom. The van der Waals surface area contributed by atoms with Gasteiger partial charge in [0.25, 0.3) is 11.8 Å². The molecule has 0 unspecified atom stereocenters. The summed E-state index contributed by atoms with van der Waals surface area (Å²) >= 11 is 1.48. The fraction of sp³-hybridized carbons (Fsp3) is 0.0714. The molecule has 1 N–H and O–H groups in total. The summed E-state index contributed by atoms with van der Waals surface area (Å²) < 4.78 is 7.98. The topological polar surface area (TPSA) is 98.7 Å². The van der Waals surface area contributed by atoms with Gasteiger partial charge in [-0.1, -0.05) is 5.10 Å². The van der Waals surface area contributed by atoms with E-state index in [0.29, 0.717) is 11.3 Å². The van der Waals surface area contributed by atoms with E-state index in [1.165, 1.54) is 11.3 Å². The molecule has 4 aromatic rings. The smallest absolute Gasteiger partial charge is 0.322 e. The van der Waals surface area contributed by atoms with E-state index in [0.717, 1.165) is 10.2 Å². The third kappa shape index (κ3) is 2.57. The Hall–Kier alpha value is -3.07. The molecule has 3 aromatic heterocycles. The number of benzene rings is 1. The quantitative estimate of drug-likeness (QED) is 0.620. The highest BCUT2D eigenvalue weighted by Crippen LogP contribution is 2.21. The Labute approximate surface area is 133 Å². The monoisotopic (exact) mass is 326 g/mol. The molecule has 9 heteroatoms. The van der Waals surface area contributed by atoms with Gasteiger partial charge in [0.1, 0.15) is 5.69 Å². The molecule has 0 saturated heterocycles. The maximum atomic E-state index is 12.3. The number of rotatable bonds is 3. The number of carbonyl (C=O) groups excluding carboxylic acids is 1. The van der Waals surface area contributed by atoms with Crippen LogP contribution in [0.4, 0.5) is 6.01 Å². The van der Waals surface area contributed by atoms with Crippen LogP contribution in [0.25, 0.3) is 21.8 Å². The van der Waals surface area contributed by atoms with Gasteiger partial charge in [-0.2, -0.15) is 5.10 Å². The number of carbonyl (C=O) groups is 1. The zero-order chi connectivity index (χ0) is 15.8. The summed E-state index contributed by atoms with van der Waals surface area (Å²) in [7, 11) is 1.79. The van der Waals surface area contributed by atoms with Gasteiger partial charge < -0.3 is 4.42 Å². The van der Waals surface area contributed by atoms with Crippen molar-refractivity contribution < 1.29 is 9.21 Å². The predicted molar refractivity (Wildman–Crippen MR) is 84.1 cm³/mol. The fourth-order valence-electron chi connectivity index (χ4n) is 2.07. The van der Waals surface area contributed by atoms with E-state index in [1.54, 1.807) is 47.7 Å². The van der Waals surface area contributed by atoms with Crippen molar-refractivity contribution in [2.24, 2.45) is 7.05 Å². The van der Waals surface area contributed by atoms with Crippen LogP contribution in [-0.4, -0.2) is 30.9 Å². The number of hydrogen-bond acceptors (Lipinski definition) is 7. The zero-order valence-corrected chi connectivity index (χ0v) is 12.7. The highest BCUT2D eigenvalue weighted by Gasteiger charge is 2.14. The van der Waals surface area contributed by atoms with Crippen LogP contribution < -0.4 is 5.32 Å². The molecule has 0 radical (unpaired) electrons. The van der Waals surface area contributed by atoms with E-state index in [9.17, 15) is 4.79 Å². The van der Waals surface area contributed by atoms with Crippen molar-refractivity contribution >= 4 is 33.5 Å². The largest absolute Gasteiger partial charge is 0.401 e. The van der Waals surface area contributed by atoms with Crippen molar-refractivity contribution in [3.8, 4) is 11.6 Å². The van der Waals surface area contributed by atoms with E-state index < -0.39 is 0 Å².